The normalized spacial score (nSPS) is 11.9. The summed E-state index contributed by atoms with van der Waals surface area (Å²) in [6.45, 7) is 6.72. The molecule has 0 aromatic rings. The largest absolute Gasteiger partial charge is 0.462 e. The Labute approximate surface area is 438 Å². The Hall–Kier alpha value is -1.59. The molecular weight excluding hydrogens is 865 g/mol. The number of hydrogen-bond acceptors (Lipinski definition) is 6. The zero-order valence-electron chi connectivity index (χ0n) is 47.8. The zero-order chi connectivity index (χ0) is 50.7. The lowest BCUT2D eigenvalue weighted by Crippen LogP contribution is -2.30. The third-order valence-corrected chi connectivity index (χ3v) is 14.9. The number of esters is 3. The highest BCUT2D eigenvalue weighted by atomic mass is 16.6. The van der Waals surface area contributed by atoms with Crippen molar-refractivity contribution in [1.82, 2.24) is 0 Å². The molecule has 70 heavy (non-hydrogen) atoms. The molecule has 0 amide bonds. The van der Waals surface area contributed by atoms with E-state index in [-0.39, 0.29) is 31.1 Å². The molecule has 6 heteroatoms. The van der Waals surface area contributed by atoms with Gasteiger partial charge in [-0.1, -0.05) is 335 Å². The standard InChI is InChI=1S/C64H124O6/c1-4-7-10-13-16-19-22-25-27-28-29-30-31-32-33-34-35-36-37-40-42-45-48-51-54-57-63(66)69-60-61(59-68-62(65)56-53-50-47-44-41-38-24-21-18-15-12-9-6-3)70-64(67)58-55-52-49-46-43-39-26-23-20-17-14-11-8-5-2/h61H,4-60H2,1-3H3. The highest BCUT2D eigenvalue weighted by Gasteiger charge is 2.19. The number of hydrogen-bond donors (Lipinski definition) is 0. The molecule has 1 unspecified atom stereocenters. The van der Waals surface area contributed by atoms with Crippen molar-refractivity contribution in [2.24, 2.45) is 0 Å². The molecule has 0 spiro atoms. The van der Waals surface area contributed by atoms with Gasteiger partial charge in [0.05, 0.1) is 0 Å². The minimum Gasteiger partial charge on any atom is -0.462 e. The Kier molecular flexibility index (Phi) is 58.6. The maximum absolute atomic E-state index is 12.9. The predicted octanol–water partition coefficient (Wildman–Crippen LogP) is 21.5. The first-order chi connectivity index (χ1) is 34.5. The van der Waals surface area contributed by atoms with Crippen molar-refractivity contribution >= 4 is 17.9 Å². The molecule has 1 atom stereocenters. The Bertz CT molecular complexity index is 1040. The van der Waals surface area contributed by atoms with Gasteiger partial charge >= 0.3 is 17.9 Å². The summed E-state index contributed by atoms with van der Waals surface area (Å²) in [6.07, 6.45) is 68.3. The van der Waals surface area contributed by atoms with Crippen LogP contribution in [0.2, 0.25) is 0 Å². The summed E-state index contributed by atoms with van der Waals surface area (Å²) in [6, 6.07) is 0. The van der Waals surface area contributed by atoms with Crippen molar-refractivity contribution in [3.63, 3.8) is 0 Å². The van der Waals surface area contributed by atoms with Gasteiger partial charge in [0.15, 0.2) is 6.10 Å². The van der Waals surface area contributed by atoms with Crippen LogP contribution in [0.15, 0.2) is 0 Å². The molecule has 0 aliphatic heterocycles. The smallest absolute Gasteiger partial charge is 0.306 e. The van der Waals surface area contributed by atoms with Gasteiger partial charge in [0, 0.05) is 19.3 Å². The van der Waals surface area contributed by atoms with Crippen molar-refractivity contribution in [2.45, 2.75) is 380 Å². The van der Waals surface area contributed by atoms with Crippen molar-refractivity contribution in [3.05, 3.63) is 0 Å². The Morgan fingerprint density at radius 2 is 0.386 bits per heavy atom. The van der Waals surface area contributed by atoms with E-state index in [2.05, 4.69) is 20.8 Å². The Balaban J connectivity index is 4.16. The van der Waals surface area contributed by atoms with E-state index in [9.17, 15) is 14.4 Å². The van der Waals surface area contributed by atoms with E-state index in [4.69, 9.17) is 14.2 Å². The summed E-state index contributed by atoms with van der Waals surface area (Å²) < 4.78 is 16.9. The van der Waals surface area contributed by atoms with E-state index >= 15 is 0 Å². The molecule has 416 valence electrons. The van der Waals surface area contributed by atoms with Gasteiger partial charge in [-0.15, -0.1) is 0 Å². The fraction of sp³-hybridized carbons (Fsp3) is 0.953. The van der Waals surface area contributed by atoms with Gasteiger partial charge in [0.1, 0.15) is 13.2 Å². The number of carbonyl (C=O) groups excluding carboxylic acids is 3. The number of rotatable bonds is 60. The van der Waals surface area contributed by atoms with Gasteiger partial charge in [-0.05, 0) is 19.3 Å². The topological polar surface area (TPSA) is 78.9 Å². The van der Waals surface area contributed by atoms with Crippen LogP contribution in [0, 0.1) is 0 Å². The number of ether oxygens (including phenoxy) is 3. The van der Waals surface area contributed by atoms with Crippen molar-refractivity contribution in [3.8, 4) is 0 Å². The summed E-state index contributed by atoms with van der Waals surface area (Å²) in [5.41, 5.74) is 0. The fourth-order valence-corrected chi connectivity index (χ4v) is 10.0. The summed E-state index contributed by atoms with van der Waals surface area (Å²) in [5, 5.41) is 0. The van der Waals surface area contributed by atoms with Crippen LogP contribution in [-0.4, -0.2) is 37.2 Å². The third-order valence-electron chi connectivity index (χ3n) is 14.9. The van der Waals surface area contributed by atoms with E-state index in [0.717, 1.165) is 57.8 Å². The Morgan fingerprint density at radius 3 is 0.571 bits per heavy atom. The summed E-state index contributed by atoms with van der Waals surface area (Å²) in [7, 11) is 0. The molecule has 6 nitrogen and oxygen atoms in total. The Morgan fingerprint density at radius 1 is 0.229 bits per heavy atom. The molecule has 0 fully saturated rings. The molecule has 0 heterocycles. The molecule has 0 saturated carbocycles. The molecular formula is C64H124O6. The van der Waals surface area contributed by atoms with Crippen LogP contribution in [0.3, 0.4) is 0 Å². The maximum Gasteiger partial charge on any atom is 0.306 e. The van der Waals surface area contributed by atoms with Crippen LogP contribution >= 0.6 is 0 Å². The van der Waals surface area contributed by atoms with E-state index in [1.54, 1.807) is 0 Å². The van der Waals surface area contributed by atoms with Crippen LogP contribution in [0.5, 0.6) is 0 Å². The maximum atomic E-state index is 12.9. The SMILES string of the molecule is CCCCCCCCCCCCCCCCCCCCCCCCCCCC(=O)OCC(COC(=O)CCCCCCCCCCCCCCC)OC(=O)CCCCCCCCCCCCCCCC. The summed E-state index contributed by atoms with van der Waals surface area (Å²) in [5.74, 6) is -0.828. The van der Waals surface area contributed by atoms with Crippen molar-refractivity contribution < 1.29 is 28.6 Å². The van der Waals surface area contributed by atoms with Gasteiger partial charge in [-0.3, -0.25) is 14.4 Å². The minimum absolute atomic E-state index is 0.0607. The average Bonchev–Trinajstić information content (AvgIpc) is 3.36. The van der Waals surface area contributed by atoms with Crippen LogP contribution in [0.4, 0.5) is 0 Å². The molecule has 0 aromatic carbocycles. The van der Waals surface area contributed by atoms with Crippen LogP contribution in [-0.2, 0) is 28.6 Å². The van der Waals surface area contributed by atoms with Crippen LogP contribution in [0.25, 0.3) is 0 Å². The molecule has 0 aliphatic carbocycles. The van der Waals surface area contributed by atoms with Gasteiger partial charge in [0.2, 0.25) is 0 Å². The van der Waals surface area contributed by atoms with E-state index in [1.165, 1.54) is 276 Å². The second-order valence-electron chi connectivity index (χ2n) is 22.1. The first kappa shape index (κ1) is 68.4. The summed E-state index contributed by atoms with van der Waals surface area (Å²) in [4.78, 5) is 38.2. The van der Waals surface area contributed by atoms with Gasteiger partial charge in [0.25, 0.3) is 0 Å². The van der Waals surface area contributed by atoms with Crippen LogP contribution < -0.4 is 0 Å². The van der Waals surface area contributed by atoms with Gasteiger partial charge in [-0.25, -0.2) is 0 Å². The highest BCUT2D eigenvalue weighted by Crippen LogP contribution is 2.19. The molecule has 0 bridgehead atoms. The predicted molar refractivity (Wildman–Crippen MR) is 303 cm³/mol. The van der Waals surface area contributed by atoms with Gasteiger partial charge in [-0.2, -0.15) is 0 Å². The average molecular weight is 990 g/mol. The number of unbranched alkanes of at least 4 members (excludes halogenated alkanes) is 49. The van der Waals surface area contributed by atoms with Crippen molar-refractivity contribution in [1.29, 1.82) is 0 Å². The molecule has 0 radical (unpaired) electrons. The minimum atomic E-state index is -0.761. The lowest BCUT2D eigenvalue weighted by atomic mass is 10.0. The molecule has 0 aromatic heterocycles. The second kappa shape index (κ2) is 60.0. The van der Waals surface area contributed by atoms with Crippen LogP contribution in [0.1, 0.15) is 374 Å². The first-order valence-corrected chi connectivity index (χ1v) is 32.0. The lowest BCUT2D eigenvalue weighted by molar-refractivity contribution is -0.167. The molecule has 0 N–H and O–H groups in total. The quantitative estimate of drug-likeness (QED) is 0.0343. The molecule has 0 rings (SSSR count). The lowest BCUT2D eigenvalue weighted by Gasteiger charge is -2.18. The van der Waals surface area contributed by atoms with Gasteiger partial charge < -0.3 is 14.2 Å². The van der Waals surface area contributed by atoms with E-state index in [0.29, 0.717) is 19.3 Å². The van der Waals surface area contributed by atoms with E-state index < -0.39 is 6.10 Å². The zero-order valence-corrected chi connectivity index (χ0v) is 47.8. The molecule has 0 saturated heterocycles. The fourth-order valence-electron chi connectivity index (χ4n) is 10.0. The summed E-state index contributed by atoms with van der Waals surface area (Å²) >= 11 is 0. The van der Waals surface area contributed by atoms with E-state index in [1.807, 2.05) is 0 Å². The second-order valence-corrected chi connectivity index (χ2v) is 22.1. The molecule has 0 aliphatic rings. The third kappa shape index (κ3) is 57.3. The first-order valence-electron chi connectivity index (χ1n) is 32.0. The monoisotopic (exact) mass is 989 g/mol. The van der Waals surface area contributed by atoms with Crippen molar-refractivity contribution in [2.75, 3.05) is 13.2 Å². The highest BCUT2D eigenvalue weighted by molar-refractivity contribution is 5.71. The number of carbonyl (C=O) groups is 3.